The number of hydrogen-bond acceptors (Lipinski definition) is 2. The van der Waals surface area contributed by atoms with Crippen LogP contribution in [0.4, 0.5) is 4.39 Å². The van der Waals surface area contributed by atoms with Crippen LogP contribution in [-0.2, 0) is 6.54 Å². The minimum Gasteiger partial charge on any atom is -0.393 e. The second-order valence-electron chi connectivity index (χ2n) is 5.02. The standard InChI is InChI=1S/C14H19BrFNO/c15-14-11(2-1-3-13(14)16)9-17-8-10-4-6-12(18)7-5-10/h1-3,10,12,17-18H,4-9H2. The molecule has 0 unspecified atom stereocenters. The molecule has 2 rings (SSSR count). The van der Waals surface area contributed by atoms with Crippen molar-refractivity contribution in [3.8, 4) is 0 Å². The zero-order valence-electron chi connectivity index (χ0n) is 10.3. The van der Waals surface area contributed by atoms with E-state index in [0.29, 0.717) is 16.9 Å². The van der Waals surface area contributed by atoms with Gasteiger partial charge in [-0.25, -0.2) is 4.39 Å². The normalized spacial score (nSPS) is 24.2. The molecule has 1 fully saturated rings. The topological polar surface area (TPSA) is 32.3 Å². The van der Waals surface area contributed by atoms with Gasteiger partial charge in [-0.3, -0.25) is 0 Å². The van der Waals surface area contributed by atoms with Gasteiger partial charge in [0.05, 0.1) is 10.6 Å². The summed E-state index contributed by atoms with van der Waals surface area (Å²) in [6, 6.07) is 5.11. The lowest BCUT2D eigenvalue weighted by molar-refractivity contribution is 0.108. The highest BCUT2D eigenvalue weighted by Crippen LogP contribution is 2.24. The van der Waals surface area contributed by atoms with E-state index < -0.39 is 0 Å². The molecular formula is C14H19BrFNO. The van der Waals surface area contributed by atoms with E-state index in [0.717, 1.165) is 37.8 Å². The van der Waals surface area contributed by atoms with Crippen LogP contribution >= 0.6 is 15.9 Å². The van der Waals surface area contributed by atoms with E-state index in [1.165, 1.54) is 6.07 Å². The Bertz CT molecular complexity index is 391. The molecule has 1 aliphatic rings. The molecule has 1 aliphatic carbocycles. The van der Waals surface area contributed by atoms with E-state index in [4.69, 9.17) is 0 Å². The number of nitrogens with one attached hydrogen (secondary N) is 1. The van der Waals surface area contributed by atoms with Gasteiger partial charge in [0.1, 0.15) is 5.82 Å². The molecule has 2 nitrogen and oxygen atoms in total. The van der Waals surface area contributed by atoms with Gasteiger partial charge in [-0.15, -0.1) is 0 Å². The molecule has 18 heavy (non-hydrogen) atoms. The molecule has 0 saturated heterocycles. The molecule has 2 N–H and O–H groups in total. The van der Waals surface area contributed by atoms with Crippen LogP contribution in [0, 0.1) is 11.7 Å². The summed E-state index contributed by atoms with van der Waals surface area (Å²) in [6.07, 6.45) is 3.89. The summed E-state index contributed by atoms with van der Waals surface area (Å²) < 4.78 is 13.9. The van der Waals surface area contributed by atoms with Crippen molar-refractivity contribution in [1.82, 2.24) is 5.32 Å². The van der Waals surface area contributed by atoms with Crippen LogP contribution in [0.15, 0.2) is 22.7 Å². The van der Waals surface area contributed by atoms with Crippen LogP contribution in [0.2, 0.25) is 0 Å². The maximum Gasteiger partial charge on any atom is 0.137 e. The molecule has 0 spiro atoms. The summed E-state index contributed by atoms with van der Waals surface area (Å²) in [5.74, 6) is 0.427. The van der Waals surface area contributed by atoms with Crippen molar-refractivity contribution in [1.29, 1.82) is 0 Å². The summed E-state index contributed by atoms with van der Waals surface area (Å²) >= 11 is 3.27. The van der Waals surface area contributed by atoms with Gasteiger partial charge >= 0.3 is 0 Å². The number of halogens is 2. The molecule has 1 aromatic rings. The summed E-state index contributed by atoms with van der Waals surface area (Å²) in [6.45, 7) is 1.62. The molecular weight excluding hydrogens is 297 g/mol. The minimum atomic E-state index is -0.213. The smallest absolute Gasteiger partial charge is 0.137 e. The second kappa shape index (κ2) is 6.64. The molecule has 1 aromatic carbocycles. The molecule has 0 heterocycles. The van der Waals surface area contributed by atoms with Crippen LogP contribution < -0.4 is 5.32 Å². The molecule has 0 aliphatic heterocycles. The Morgan fingerprint density at radius 2 is 2.00 bits per heavy atom. The lowest BCUT2D eigenvalue weighted by atomic mass is 9.87. The fourth-order valence-corrected chi connectivity index (χ4v) is 2.85. The summed E-state index contributed by atoms with van der Waals surface area (Å²) in [7, 11) is 0. The van der Waals surface area contributed by atoms with Gasteiger partial charge in [0.15, 0.2) is 0 Å². The lowest BCUT2D eigenvalue weighted by Crippen LogP contribution is -2.27. The van der Waals surface area contributed by atoms with Crippen molar-refractivity contribution >= 4 is 15.9 Å². The maximum atomic E-state index is 13.3. The summed E-state index contributed by atoms with van der Waals surface area (Å²) in [5, 5.41) is 12.8. The van der Waals surface area contributed by atoms with E-state index in [2.05, 4.69) is 21.2 Å². The first kappa shape index (κ1) is 14.0. The monoisotopic (exact) mass is 315 g/mol. The van der Waals surface area contributed by atoms with Gasteiger partial charge in [-0.1, -0.05) is 12.1 Å². The number of aliphatic hydroxyl groups is 1. The van der Waals surface area contributed by atoms with E-state index >= 15 is 0 Å². The van der Waals surface area contributed by atoms with E-state index in [9.17, 15) is 9.50 Å². The molecule has 0 bridgehead atoms. The summed E-state index contributed by atoms with van der Waals surface area (Å²) in [5.41, 5.74) is 0.950. The predicted molar refractivity (Wildman–Crippen MR) is 73.8 cm³/mol. The Balaban J connectivity index is 1.77. The third kappa shape index (κ3) is 3.77. The van der Waals surface area contributed by atoms with Crippen molar-refractivity contribution in [2.24, 2.45) is 5.92 Å². The quantitative estimate of drug-likeness (QED) is 0.894. The largest absolute Gasteiger partial charge is 0.393 e. The number of benzene rings is 1. The third-order valence-electron chi connectivity index (χ3n) is 3.60. The van der Waals surface area contributed by atoms with Crippen molar-refractivity contribution in [3.05, 3.63) is 34.1 Å². The van der Waals surface area contributed by atoms with Crippen LogP contribution in [0.1, 0.15) is 31.2 Å². The first-order valence-electron chi connectivity index (χ1n) is 6.48. The lowest BCUT2D eigenvalue weighted by Gasteiger charge is -2.25. The van der Waals surface area contributed by atoms with E-state index in [1.807, 2.05) is 6.07 Å². The van der Waals surface area contributed by atoms with Gasteiger partial charge in [0, 0.05) is 6.54 Å². The molecule has 1 saturated carbocycles. The molecule has 100 valence electrons. The zero-order valence-corrected chi connectivity index (χ0v) is 11.9. The highest BCUT2D eigenvalue weighted by Gasteiger charge is 2.18. The SMILES string of the molecule is OC1CCC(CNCc2cccc(F)c2Br)CC1. The first-order valence-corrected chi connectivity index (χ1v) is 7.28. The molecule has 0 amide bonds. The summed E-state index contributed by atoms with van der Waals surface area (Å²) in [4.78, 5) is 0. The Morgan fingerprint density at radius 1 is 1.28 bits per heavy atom. The number of hydrogen-bond donors (Lipinski definition) is 2. The third-order valence-corrected chi connectivity index (χ3v) is 4.48. The first-order chi connectivity index (χ1) is 8.66. The molecule has 0 atom stereocenters. The molecule has 4 heteroatoms. The van der Waals surface area contributed by atoms with E-state index in [-0.39, 0.29) is 11.9 Å². The second-order valence-corrected chi connectivity index (χ2v) is 5.81. The van der Waals surface area contributed by atoms with Crippen molar-refractivity contribution in [3.63, 3.8) is 0 Å². The van der Waals surface area contributed by atoms with Crippen LogP contribution in [0.25, 0.3) is 0 Å². The Morgan fingerprint density at radius 3 is 2.72 bits per heavy atom. The van der Waals surface area contributed by atoms with E-state index in [1.54, 1.807) is 6.07 Å². The average molecular weight is 316 g/mol. The van der Waals surface area contributed by atoms with Gasteiger partial charge in [-0.2, -0.15) is 0 Å². The van der Waals surface area contributed by atoms with Gasteiger partial charge in [0.2, 0.25) is 0 Å². The molecule has 0 radical (unpaired) electrons. The van der Waals surface area contributed by atoms with Crippen molar-refractivity contribution in [2.45, 2.75) is 38.3 Å². The Hall–Kier alpha value is -0.450. The zero-order chi connectivity index (χ0) is 13.0. The van der Waals surface area contributed by atoms with Crippen LogP contribution in [-0.4, -0.2) is 17.8 Å². The highest BCUT2D eigenvalue weighted by molar-refractivity contribution is 9.10. The fourth-order valence-electron chi connectivity index (χ4n) is 2.44. The van der Waals surface area contributed by atoms with Crippen molar-refractivity contribution < 1.29 is 9.50 Å². The van der Waals surface area contributed by atoms with Gasteiger partial charge in [0.25, 0.3) is 0 Å². The maximum absolute atomic E-state index is 13.3. The Labute approximate surface area is 116 Å². The van der Waals surface area contributed by atoms with Gasteiger partial charge < -0.3 is 10.4 Å². The fraction of sp³-hybridized carbons (Fsp3) is 0.571. The van der Waals surface area contributed by atoms with Crippen LogP contribution in [0.3, 0.4) is 0 Å². The average Bonchev–Trinajstić information content (AvgIpc) is 2.37. The molecule has 0 aromatic heterocycles. The van der Waals surface area contributed by atoms with Crippen molar-refractivity contribution in [2.75, 3.05) is 6.54 Å². The Kier molecular flexibility index (Phi) is 5.15. The number of rotatable bonds is 4. The predicted octanol–water partition coefficient (Wildman–Crippen LogP) is 3.23. The van der Waals surface area contributed by atoms with Gasteiger partial charge in [-0.05, 0) is 65.7 Å². The van der Waals surface area contributed by atoms with Crippen LogP contribution in [0.5, 0.6) is 0 Å². The minimum absolute atomic E-state index is 0.0985. The highest BCUT2D eigenvalue weighted by atomic mass is 79.9. The number of aliphatic hydroxyl groups excluding tert-OH is 1.